The van der Waals surface area contributed by atoms with Gasteiger partial charge in [-0.15, -0.1) is 0 Å². The second-order valence-corrected chi connectivity index (χ2v) is 5.37. The Morgan fingerprint density at radius 1 is 1.38 bits per heavy atom. The number of nitrogens with one attached hydrogen (secondary N) is 1. The Labute approximate surface area is 122 Å². The Morgan fingerprint density at radius 3 is 2.52 bits per heavy atom. The largest absolute Gasteiger partial charge is 0.481 e. The zero-order chi connectivity index (χ0) is 15.5. The van der Waals surface area contributed by atoms with Gasteiger partial charge in [0.2, 0.25) is 5.88 Å². The van der Waals surface area contributed by atoms with Crippen LogP contribution in [0.3, 0.4) is 0 Å². The summed E-state index contributed by atoms with van der Waals surface area (Å²) in [6.45, 7) is 2.58. The number of rotatable bonds is 3. The van der Waals surface area contributed by atoms with Gasteiger partial charge in [0, 0.05) is 19.2 Å². The monoisotopic (exact) mass is 293 g/mol. The Kier molecular flexibility index (Phi) is 4.30. The number of carboxylic acids is 1. The highest BCUT2D eigenvalue weighted by Crippen LogP contribution is 2.31. The average molecular weight is 293 g/mol. The minimum atomic E-state index is -0.804. The van der Waals surface area contributed by atoms with Gasteiger partial charge in [-0.1, -0.05) is 0 Å². The van der Waals surface area contributed by atoms with E-state index in [0.717, 1.165) is 0 Å². The van der Waals surface area contributed by atoms with E-state index in [4.69, 9.17) is 9.84 Å². The van der Waals surface area contributed by atoms with Gasteiger partial charge in [-0.25, -0.2) is 9.78 Å². The van der Waals surface area contributed by atoms with Gasteiger partial charge in [-0.3, -0.25) is 4.79 Å². The van der Waals surface area contributed by atoms with Crippen molar-refractivity contribution in [3.05, 3.63) is 18.3 Å². The summed E-state index contributed by atoms with van der Waals surface area (Å²) in [6, 6.07) is 3.12. The molecule has 7 nitrogen and oxygen atoms in total. The molecule has 1 aromatic heterocycles. The fourth-order valence-electron chi connectivity index (χ4n) is 2.19. The van der Waals surface area contributed by atoms with Crippen molar-refractivity contribution >= 4 is 17.7 Å². The molecule has 1 saturated heterocycles. The molecule has 1 aromatic rings. The highest BCUT2D eigenvalue weighted by molar-refractivity contribution is 5.89. The van der Waals surface area contributed by atoms with Crippen LogP contribution in [0.1, 0.15) is 19.8 Å². The van der Waals surface area contributed by atoms with E-state index in [1.165, 1.54) is 13.3 Å². The maximum absolute atomic E-state index is 12.1. The van der Waals surface area contributed by atoms with Crippen LogP contribution in [0, 0.1) is 5.41 Å². The molecule has 0 aromatic carbocycles. The molecule has 2 N–H and O–H groups in total. The number of hydrogen-bond donors (Lipinski definition) is 2. The number of ether oxygens (including phenoxy) is 1. The van der Waals surface area contributed by atoms with E-state index in [9.17, 15) is 9.59 Å². The molecule has 0 radical (unpaired) electrons. The summed E-state index contributed by atoms with van der Waals surface area (Å²) in [5.41, 5.74) is -0.161. The number of aromatic nitrogens is 1. The molecule has 21 heavy (non-hydrogen) atoms. The van der Waals surface area contributed by atoms with Gasteiger partial charge in [0.1, 0.15) is 0 Å². The number of carbonyl (C=O) groups is 2. The summed E-state index contributed by atoms with van der Waals surface area (Å²) in [5, 5.41) is 11.9. The third-order valence-corrected chi connectivity index (χ3v) is 3.87. The van der Waals surface area contributed by atoms with Crippen molar-refractivity contribution in [2.24, 2.45) is 5.41 Å². The Morgan fingerprint density at radius 2 is 2.05 bits per heavy atom. The fraction of sp³-hybridized carbons (Fsp3) is 0.500. The van der Waals surface area contributed by atoms with Crippen molar-refractivity contribution < 1.29 is 19.4 Å². The van der Waals surface area contributed by atoms with E-state index in [-0.39, 0.29) is 6.03 Å². The number of carbonyl (C=O) groups excluding carboxylic acids is 1. The number of piperidine rings is 1. The van der Waals surface area contributed by atoms with E-state index in [0.29, 0.717) is 37.5 Å². The van der Waals surface area contributed by atoms with Gasteiger partial charge >= 0.3 is 12.0 Å². The molecule has 0 unspecified atom stereocenters. The molecule has 0 saturated carbocycles. The molecule has 2 rings (SSSR count). The first-order valence-electron chi connectivity index (χ1n) is 6.74. The average Bonchev–Trinajstić information content (AvgIpc) is 2.48. The first-order valence-corrected chi connectivity index (χ1v) is 6.74. The van der Waals surface area contributed by atoms with Crippen LogP contribution in [0.15, 0.2) is 18.3 Å². The number of nitrogens with zero attached hydrogens (tertiary/aromatic N) is 2. The number of aliphatic carboxylic acids is 1. The SMILES string of the molecule is COc1ccc(NC(=O)N2CCC(C)(C(=O)O)CC2)cn1. The molecule has 1 aliphatic rings. The number of anilines is 1. The summed E-state index contributed by atoms with van der Waals surface area (Å²) in [4.78, 5) is 28.9. The van der Waals surface area contributed by atoms with Crippen LogP contribution in [-0.4, -0.2) is 47.2 Å². The van der Waals surface area contributed by atoms with E-state index >= 15 is 0 Å². The highest BCUT2D eigenvalue weighted by atomic mass is 16.5. The summed E-state index contributed by atoms with van der Waals surface area (Å²) in [6.07, 6.45) is 2.43. The fourth-order valence-corrected chi connectivity index (χ4v) is 2.19. The third-order valence-electron chi connectivity index (χ3n) is 3.87. The molecule has 0 spiro atoms. The van der Waals surface area contributed by atoms with Crippen LogP contribution in [0.2, 0.25) is 0 Å². The first kappa shape index (κ1) is 15.1. The number of urea groups is 1. The lowest BCUT2D eigenvalue weighted by atomic mass is 9.80. The topological polar surface area (TPSA) is 91.8 Å². The van der Waals surface area contributed by atoms with Crippen molar-refractivity contribution in [2.45, 2.75) is 19.8 Å². The quantitative estimate of drug-likeness (QED) is 0.886. The lowest BCUT2D eigenvalue weighted by molar-refractivity contribution is -0.150. The predicted molar refractivity (Wildman–Crippen MR) is 76.4 cm³/mol. The molecular weight excluding hydrogens is 274 g/mol. The van der Waals surface area contributed by atoms with Crippen LogP contribution in [0.25, 0.3) is 0 Å². The first-order chi connectivity index (χ1) is 9.94. The predicted octanol–water partition coefficient (Wildman–Crippen LogP) is 1.81. The Bertz CT molecular complexity index is 522. The molecule has 0 bridgehead atoms. The molecule has 0 atom stereocenters. The maximum Gasteiger partial charge on any atom is 0.321 e. The van der Waals surface area contributed by atoms with Crippen molar-refractivity contribution in [1.29, 1.82) is 0 Å². The Balaban J connectivity index is 1.91. The lowest BCUT2D eigenvalue weighted by Crippen LogP contribution is -2.46. The zero-order valence-electron chi connectivity index (χ0n) is 12.1. The van der Waals surface area contributed by atoms with Gasteiger partial charge in [0.05, 0.1) is 24.4 Å². The van der Waals surface area contributed by atoms with E-state index in [2.05, 4.69) is 10.3 Å². The van der Waals surface area contributed by atoms with Crippen molar-refractivity contribution in [3.8, 4) is 5.88 Å². The molecule has 2 amide bonds. The molecule has 2 heterocycles. The molecule has 7 heteroatoms. The summed E-state index contributed by atoms with van der Waals surface area (Å²) >= 11 is 0. The standard InChI is InChI=1S/C14H19N3O4/c1-14(12(18)19)5-7-17(8-6-14)13(20)16-10-3-4-11(21-2)15-9-10/h3-4,9H,5-8H2,1-2H3,(H,16,20)(H,18,19). The van der Waals surface area contributed by atoms with Crippen LogP contribution >= 0.6 is 0 Å². The minimum Gasteiger partial charge on any atom is -0.481 e. The number of hydrogen-bond acceptors (Lipinski definition) is 4. The number of pyridine rings is 1. The van der Waals surface area contributed by atoms with Gasteiger partial charge in [0.15, 0.2) is 0 Å². The second kappa shape index (κ2) is 5.99. The second-order valence-electron chi connectivity index (χ2n) is 5.37. The van der Waals surface area contributed by atoms with Crippen LogP contribution in [0.4, 0.5) is 10.5 Å². The van der Waals surface area contributed by atoms with Crippen molar-refractivity contribution in [2.75, 3.05) is 25.5 Å². The normalized spacial score (nSPS) is 17.1. The summed E-state index contributed by atoms with van der Waals surface area (Å²) in [7, 11) is 1.52. The van der Waals surface area contributed by atoms with Crippen LogP contribution < -0.4 is 10.1 Å². The van der Waals surface area contributed by atoms with Crippen LogP contribution in [0.5, 0.6) is 5.88 Å². The minimum absolute atomic E-state index is 0.241. The molecule has 0 aliphatic carbocycles. The number of methoxy groups -OCH3 is 1. The van der Waals surface area contributed by atoms with Gasteiger partial charge in [-0.05, 0) is 25.8 Å². The molecule has 1 aliphatic heterocycles. The Hall–Kier alpha value is -2.31. The maximum atomic E-state index is 12.1. The van der Waals surface area contributed by atoms with Gasteiger partial charge in [-0.2, -0.15) is 0 Å². The summed E-state index contributed by atoms with van der Waals surface area (Å²) in [5.74, 6) is -0.329. The van der Waals surface area contributed by atoms with Crippen molar-refractivity contribution in [3.63, 3.8) is 0 Å². The third kappa shape index (κ3) is 3.42. The van der Waals surface area contributed by atoms with Crippen LogP contribution in [-0.2, 0) is 4.79 Å². The molecule has 1 fully saturated rings. The molecule has 114 valence electrons. The lowest BCUT2D eigenvalue weighted by Gasteiger charge is -2.36. The number of likely N-dealkylation sites (tertiary alicyclic amines) is 1. The number of carboxylic acid groups (broad SMARTS) is 1. The van der Waals surface area contributed by atoms with E-state index < -0.39 is 11.4 Å². The van der Waals surface area contributed by atoms with E-state index in [1.807, 2.05) is 0 Å². The number of amides is 2. The highest BCUT2D eigenvalue weighted by Gasteiger charge is 2.38. The summed E-state index contributed by atoms with van der Waals surface area (Å²) < 4.78 is 4.95. The van der Waals surface area contributed by atoms with Crippen molar-refractivity contribution in [1.82, 2.24) is 9.88 Å². The zero-order valence-corrected chi connectivity index (χ0v) is 12.1. The molecular formula is C14H19N3O4. The smallest absolute Gasteiger partial charge is 0.321 e. The van der Waals surface area contributed by atoms with E-state index in [1.54, 1.807) is 24.0 Å². The van der Waals surface area contributed by atoms with Gasteiger partial charge in [0.25, 0.3) is 0 Å². The van der Waals surface area contributed by atoms with Gasteiger partial charge < -0.3 is 20.1 Å².